The molecule has 0 bridgehead atoms. The number of nitrogens with zero attached hydrogens (tertiary/aromatic N) is 1. The van der Waals surface area contributed by atoms with E-state index in [1.165, 1.54) is 11.1 Å². The van der Waals surface area contributed by atoms with E-state index in [1.54, 1.807) is 11.3 Å². The Morgan fingerprint density at radius 1 is 1.38 bits per heavy atom. The van der Waals surface area contributed by atoms with Gasteiger partial charge in [0.25, 0.3) is 0 Å². The molecular formula is C12H15NOS2. The zero-order chi connectivity index (χ0) is 11.4. The third-order valence-electron chi connectivity index (χ3n) is 2.08. The molecule has 0 radical (unpaired) electrons. The number of hydrogen-bond donors (Lipinski definition) is 0. The van der Waals surface area contributed by atoms with Crippen LogP contribution in [0.4, 0.5) is 0 Å². The Balaban J connectivity index is 2.23. The average Bonchev–Trinajstić information content (AvgIpc) is 2.68. The topological polar surface area (TPSA) is 22.1 Å². The maximum Gasteiger partial charge on any atom is 0.151 e. The molecule has 0 aliphatic carbocycles. The summed E-state index contributed by atoms with van der Waals surface area (Å²) in [6.07, 6.45) is 1.19. The molecule has 2 nitrogen and oxygen atoms in total. The minimum absolute atomic E-state index is 0.710. The van der Waals surface area contributed by atoms with Crippen LogP contribution in [-0.2, 0) is 0 Å². The summed E-state index contributed by atoms with van der Waals surface area (Å²) < 4.78 is 7.85. The van der Waals surface area contributed by atoms with Gasteiger partial charge in [0.2, 0.25) is 0 Å². The molecular weight excluding hydrogens is 238 g/mol. The largest absolute Gasteiger partial charge is 0.494 e. The molecule has 2 rings (SSSR count). The van der Waals surface area contributed by atoms with Crippen molar-refractivity contribution in [3.63, 3.8) is 0 Å². The van der Waals surface area contributed by atoms with Crippen LogP contribution in [0.2, 0.25) is 0 Å². The van der Waals surface area contributed by atoms with Gasteiger partial charge in [0.15, 0.2) is 4.34 Å². The van der Waals surface area contributed by atoms with E-state index >= 15 is 0 Å². The number of hydrogen-bond acceptors (Lipinski definition) is 4. The number of rotatable bonds is 5. The van der Waals surface area contributed by atoms with Crippen molar-refractivity contribution in [3.05, 3.63) is 18.2 Å². The highest BCUT2D eigenvalue weighted by Gasteiger charge is 2.05. The smallest absolute Gasteiger partial charge is 0.151 e. The summed E-state index contributed by atoms with van der Waals surface area (Å²) in [5.41, 5.74) is 1.08. The highest BCUT2D eigenvalue weighted by Crippen LogP contribution is 2.31. The van der Waals surface area contributed by atoms with Crippen molar-refractivity contribution in [2.24, 2.45) is 0 Å². The van der Waals surface area contributed by atoms with Crippen LogP contribution in [0.3, 0.4) is 0 Å². The molecule has 0 aliphatic heterocycles. The molecule has 86 valence electrons. The Bertz CT molecular complexity index is 467. The van der Waals surface area contributed by atoms with E-state index < -0.39 is 0 Å². The first-order chi connectivity index (χ1) is 7.83. The molecule has 0 saturated carbocycles. The van der Waals surface area contributed by atoms with E-state index in [0.717, 1.165) is 21.4 Å². The number of ether oxygens (including phenoxy) is 1. The second-order valence-electron chi connectivity index (χ2n) is 3.39. The summed E-state index contributed by atoms with van der Waals surface area (Å²) in [6.45, 7) is 4.90. The third-order valence-corrected chi connectivity index (χ3v) is 4.45. The second-order valence-corrected chi connectivity index (χ2v) is 5.76. The summed E-state index contributed by atoms with van der Waals surface area (Å²) in [5.74, 6) is 2.07. The third kappa shape index (κ3) is 2.68. The van der Waals surface area contributed by atoms with Crippen molar-refractivity contribution < 1.29 is 4.74 Å². The molecule has 4 heteroatoms. The van der Waals surface area contributed by atoms with Gasteiger partial charge in [-0.05, 0) is 31.5 Å². The maximum atomic E-state index is 5.48. The van der Waals surface area contributed by atoms with Gasteiger partial charge in [-0.3, -0.25) is 0 Å². The number of aromatic nitrogens is 1. The molecule has 0 amide bonds. The zero-order valence-corrected chi connectivity index (χ0v) is 11.2. The molecule has 0 atom stereocenters. The molecule has 0 N–H and O–H groups in total. The lowest BCUT2D eigenvalue weighted by Crippen LogP contribution is -1.89. The Labute approximate surface area is 104 Å². The number of benzene rings is 1. The number of thiazole rings is 1. The molecule has 1 heterocycles. The molecule has 1 aromatic carbocycles. The standard InChI is InChI=1S/C12H15NOS2/c1-3-7-15-12-13-10-6-5-9(14-4-2)8-11(10)16-12/h5-6,8H,3-4,7H2,1-2H3. The quantitative estimate of drug-likeness (QED) is 0.746. The van der Waals surface area contributed by atoms with Crippen molar-refractivity contribution in [3.8, 4) is 5.75 Å². The second kappa shape index (κ2) is 5.55. The van der Waals surface area contributed by atoms with E-state index in [4.69, 9.17) is 4.74 Å². The first-order valence-corrected chi connectivity index (χ1v) is 7.30. The van der Waals surface area contributed by atoms with Gasteiger partial charge < -0.3 is 4.74 Å². The van der Waals surface area contributed by atoms with Gasteiger partial charge in [0.05, 0.1) is 16.8 Å². The first-order valence-electron chi connectivity index (χ1n) is 5.49. The fourth-order valence-corrected chi connectivity index (χ4v) is 3.41. The Hall–Kier alpha value is -0.740. The van der Waals surface area contributed by atoms with Gasteiger partial charge in [0.1, 0.15) is 5.75 Å². The van der Waals surface area contributed by atoms with Crippen molar-refractivity contribution >= 4 is 33.3 Å². The van der Waals surface area contributed by atoms with E-state index in [0.29, 0.717) is 6.61 Å². The molecule has 0 fully saturated rings. The van der Waals surface area contributed by atoms with Crippen LogP contribution in [0.1, 0.15) is 20.3 Å². The summed E-state index contributed by atoms with van der Waals surface area (Å²) in [4.78, 5) is 4.58. The summed E-state index contributed by atoms with van der Waals surface area (Å²) >= 11 is 3.58. The fraction of sp³-hybridized carbons (Fsp3) is 0.417. The van der Waals surface area contributed by atoms with Gasteiger partial charge in [-0.1, -0.05) is 18.7 Å². The van der Waals surface area contributed by atoms with Gasteiger partial charge in [-0.15, -0.1) is 11.3 Å². The molecule has 0 aliphatic rings. The van der Waals surface area contributed by atoms with Gasteiger partial charge in [-0.2, -0.15) is 0 Å². The highest BCUT2D eigenvalue weighted by molar-refractivity contribution is 8.01. The van der Waals surface area contributed by atoms with E-state index in [1.807, 2.05) is 30.8 Å². The Kier molecular flexibility index (Phi) is 4.07. The summed E-state index contributed by atoms with van der Waals surface area (Å²) in [7, 11) is 0. The lowest BCUT2D eigenvalue weighted by Gasteiger charge is -2.00. The van der Waals surface area contributed by atoms with E-state index in [2.05, 4.69) is 18.0 Å². The lowest BCUT2D eigenvalue weighted by atomic mass is 10.3. The van der Waals surface area contributed by atoms with Crippen LogP contribution >= 0.6 is 23.1 Å². The van der Waals surface area contributed by atoms with E-state index in [-0.39, 0.29) is 0 Å². The zero-order valence-electron chi connectivity index (χ0n) is 9.53. The minimum atomic E-state index is 0.710. The molecule has 2 aromatic rings. The highest BCUT2D eigenvalue weighted by atomic mass is 32.2. The molecule has 0 unspecified atom stereocenters. The Morgan fingerprint density at radius 3 is 3.00 bits per heavy atom. The van der Waals surface area contributed by atoms with Crippen LogP contribution in [0.15, 0.2) is 22.5 Å². The monoisotopic (exact) mass is 253 g/mol. The molecule has 16 heavy (non-hydrogen) atoms. The molecule has 0 spiro atoms. The number of fused-ring (bicyclic) bond motifs is 1. The average molecular weight is 253 g/mol. The van der Waals surface area contributed by atoms with Crippen LogP contribution in [-0.4, -0.2) is 17.3 Å². The van der Waals surface area contributed by atoms with Crippen molar-refractivity contribution in [2.45, 2.75) is 24.6 Å². The molecule has 1 aromatic heterocycles. The van der Waals surface area contributed by atoms with Crippen LogP contribution < -0.4 is 4.74 Å². The molecule has 0 saturated heterocycles. The first kappa shape index (κ1) is 11.7. The lowest BCUT2D eigenvalue weighted by molar-refractivity contribution is 0.341. The predicted molar refractivity (Wildman–Crippen MR) is 71.8 cm³/mol. The van der Waals surface area contributed by atoms with Gasteiger partial charge >= 0.3 is 0 Å². The van der Waals surface area contributed by atoms with Gasteiger partial charge in [0, 0.05) is 5.75 Å². The van der Waals surface area contributed by atoms with Crippen molar-refractivity contribution in [2.75, 3.05) is 12.4 Å². The van der Waals surface area contributed by atoms with Crippen molar-refractivity contribution in [1.82, 2.24) is 4.98 Å². The SMILES string of the molecule is CCCSc1nc2ccc(OCC)cc2s1. The van der Waals surface area contributed by atoms with Crippen LogP contribution in [0.5, 0.6) is 5.75 Å². The van der Waals surface area contributed by atoms with Crippen molar-refractivity contribution in [1.29, 1.82) is 0 Å². The van der Waals surface area contributed by atoms with Crippen LogP contribution in [0, 0.1) is 0 Å². The summed E-state index contributed by atoms with van der Waals surface area (Å²) in [6, 6.07) is 6.10. The van der Waals surface area contributed by atoms with Crippen LogP contribution in [0.25, 0.3) is 10.2 Å². The fourth-order valence-electron chi connectivity index (χ4n) is 1.39. The Morgan fingerprint density at radius 2 is 2.25 bits per heavy atom. The number of thioether (sulfide) groups is 1. The minimum Gasteiger partial charge on any atom is -0.494 e. The predicted octanol–water partition coefficient (Wildman–Crippen LogP) is 4.20. The van der Waals surface area contributed by atoms with E-state index in [9.17, 15) is 0 Å². The normalized spacial score (nSPS) is 10.9. The summed E-state index contributed by atoms with van der Waals surface area (Å²) in [5, 5.41) is 0. The maximum absolute atomic E-state index is 5.48. The van der Waals surface area contributed by atoms with Gasteiger partial charge in [-0.25, -0.2) is 4.98 Å².